The van der Waals surface area contributed by atoms with Crippen LogP contribution in [0.15, 0.2) is 24.3 Å². The largest absolute Gasteiger partial charge is 0.416 e. The number of sulfone groups is 1. The van der Waals surface area contributed by atoms with Crippen molar-refractivity contribution >= 4 is 37.8 Å². The highest BCUT2D eigenvalue weighted by molar-refractivity contribution is 7.91. The maximum absolute atomic E-state index is 13.6. The lowest BCUT2D eigenvalue weighted by atomic mass is 9.73. The lowest BCUT2D eigenvalue weighted by Gasteiger charge is -2.33. The summed E-state index contributed by atoms with van der Waals surface area (Å²) in [6.07, 6.45) is -1.35. The summed E-state index contributed by atoms with van der Waals surface area (Å²) >= 11 is 1.35. The molecule has 6 rings (SSSR count). The van der Waals surface area contributed by atoms with Gasteiger partial charge in [0.1, 0.15) is 5.78 Å². The van der Waals surface area contributed by atoms with Gasteiger partial charge in [-0.2, -0.15) is 18.4 Å². The molecule has 2 saturated carbocycles. The molecule has 8 nitrogen and oxygen atoms in total. The topological polar surface area (TPSA) is 104 Å². The Morgan fingerprint density at radius 3 is 2.44 bits per heavy atom. The van der Waals surface area contributed by atoms with Crippen molar-refractivity contribution in [1.29, 1.82) is 5.26 Å². The van der Waals surface area contributed by atoms with Gasteiger partial charge in [-0.3, -0.25) is 4.79 Å². The summed E-state index contributed by atoms with van der Waals surface area (Å²) < 4.78 is 69.4. The molecule has 2 aliphatic carbocycles. The van der Waals surface area contributed by atoms with Gasteiger partial charge in [0.25, 0.3) is 0 Å². The summed E-state index contributed by atoms with van der Waals surface area (Å²) in [5, 5.41) is 10.1. The van der Waals surface area contributed by atoms with Gasteiger partial charge in [-0.1, -0.05) is 36.3 Å². The highest BCUT2D eigenvalue weighted by Crippen LogP contribution is 2.52. The van der Waals surface area contributed by atoms with Crippen molar-refractivity contribution in [3.05, 3.63) is 30.0 Å². The van der Waals surface area contributed by atoms with E-state index in [0.717, 1.165) is 53.9 Å². The number of ketones is 1. The Morgan fingerprint density at radius 2 is 1.79 bits per heavy atom. The quantitative estimate of drug-likeness (QED) is 0.401. The summed E-state index contributed by atoms with van der Waals surface area (Å²) in [6.45, 7) is 0.726. The van der Waals surface area contributed by atoms with Crippen LogP contribution in [0.2, 0.25) is 0 Å². The molecule has 3 heterocycles. The predicted octanol–water partition coefficient (Wildman–Crippen LogP) is 5.35. The molecule has 1 aromatic heterocycles. The number of halogens is 3. The monoisotopic (exact) mass is 636 g/mol. The normalized spacial score (nSPS) is 27.0. The summed E-state index contributed by atoms with van der Waals surface area (Å²) in [4.78, 5) is 23.1. The molecule has 0 spiro atoms. The number of morpholine rings is 1. The number of nitrogens with zero attached hydrogens (tertiary/aromatic N) is 4. The van der Waals surface area contributed by atoms with Gasteiger partial charge in [-0.25, -0.2) is 13.4 Å². The Labute approximate surface area is 253 Å². The molecular formula is C30H35F3N4O4S2. The predicted molar refractivity (Wildman–Crippen MR) is 158 cm³/mol. The smallest absolute Gasteiger partial charge is 0.369 e. The summed E-state index contributed by atoms with van der Waals surface area (Å²) in [5.41, 5.74) is 1.97. The highest BCUT2D eigenvalue weighted by Gasteiger charge is 2.48. The number of benzene rings is 1. The minimum atomic E-state index is -4.48. The number of hydrogen-bond acceptors (Lipinski definition) is 9. The molecule has 0 unspecified atom stereocenters. The first-order valence-corrected chi connectivity index (χ1v) is 17.5. The SMILES string of the molecule is N#CC1(CC(=O)[C@@H]2CCCC[C@H]2c2nc(N3CCO[C@@H](C(F)(F)F)C3)sc2-c2ccc(N3CCS(=O)(=O)CC3)cc2)CC1. The average Bonchev–Trinajstić information content (AvgIpc) is 3.63. The van der Waals surface area contributed by atoms with Crippen LogP contribution in [0.25, 0.3) is 10.4 Å². The Kier molecular flexibility index (Phi) is 8.23. The fourth-order valence-electron chi connectivity index (χ4n) is 6.52. The standard InChI is InChI=1S/C30H35F3N4O4S2/c31-30(32,33)25-18-37(11-14-41-25)28-35-26(23-4-2-1-3-22(23)24(38)17-29(19-34)9-10-29)27(42-28)20-5-7-21(8-6-20)36-12-15-43(39,40)16-13-36/h5-8,22-23,25H,1-4,9-18H2/t22-,23-,25-/m1/s1. The number of anilines is 2. The van der Waals surface area contributed by atoms with Crippen molar-refractivity contribution in [3.63, 3.8) is 0 Å². The van der Waals surface area contributed by atoms with Crippen LogP contribution in [-0.2, 0) is 19.4 Å². The van der Waals surface area contributed by atoms with Gasteiger partial charge in [-0.15, -0.1) is 0 Å². The van der Waals surface area contributed by atoms with E-state index in [-0.39, 0.29) is 55.2 Å². The van der Waals surface area contributed by atoms with Crippen LogP contribution in [0.4, 0.5) is 24.0 Å². The molecule has 0 amide bonds. The molecule has 0 radical (unpaired) electrons. The molecule has 2 aliphatic heterocycles. The summed E-state index contributed by atoms with van der Waals surface area (Å²) in [7, 11) is -3.01. The third-order valence-corrected chi connectivity index (χ3v) is 12.1. The van der Waals surface area contributed by atoms with Crippen molar-refractivity contribution < 1.29 is 31.1 Å². The first-order chi connectivity index (χ1) is 20.5. The molecule has 2 saturated heterocycles. The zero-order valence-corrected chi connectivity index (χ0v) is 25.4. The van der Waals surface area contributed by atoms with Crippen molar-refractivity contribution in [2.24, 2.45) is 11.3 Å². The molecule has 3 atom stereocenters. The maximum atomic E-state index is 13.6. The van der Waals surface area contributed by atoms with E-state index in [9.17, 15) is 31.6 Å². The van der Waals surface area contributed by atoms with E-state index in [1.807, 2.05) is 29.2 Å². The Morgan fingerprint density at radius 1 is 1.09 bits per heavy atom. The number of nitriles is 1. The van der Waals surface area contributed by atoms with Gasteiger partial charge < -0.3 is 14.5 Å². The van der Waals surface area contributed by atoms with Crippen LogP contribution in [0.3, 0.4) is 0 Å². The molecular weight excluding hydrogens is 601 g/mol. The van der Waals surface area contributed by atoms with Crippen molar-refractivity contribution in [2.45, 2.75) is 63.1 Å². The van der Waals surface area contributed by atoms with E-state index in [1.165, 1.54) is 11.3 Å². The number of alkyl halides is 3. The minimum Gasteiger partial charge on any atom is -0.369 e. The van der Waals surface area contributed by atoms with Crippen LogP contribution in [0.1, 0.15) is 56.6 Å². The zero-order chi connectivity index (χ0) is 30.4. The van der Waals surface area contributed by atoms with Crippen molar-refractivity contribution in [1.82, 2.24) is 4.98 Å². The van der Waals surface area contributed by atoms with Crippen LogP contribution in [-0.4, -0.2) is 75.8 Å². The second kappa shape index (κ2) is 11.7. The van der Waals surface area contributed by atoms with Gasteiger partial charge in [0, 0.05) is 43.6 Å². The van der Waals surface area contributed by atoms with Crippen LogP contribution >= 0.6 is 11.3 Å². The number of thiazole rings is 1. The van der Waals surface area contributed by atoms with Gasteiger partial charge in [0.05, 0.1) is 46.7 Å². The Balaban J connectivity index is 1.33. The Bertz CT molecular complexity index is 1480. The molecule has 13 heteroatoms. The number of ether oxygens (including phenoxy) is 1. The van der Waals surface area contributed by atoms with Crippen LogP contribution in [0, 0.1) is 22.7 Å². The molecule has 43 heavy (non-hydrogen) atoms. The average molecular weight is 637 g/mol. The van der Waals surface area contributed by atoms with E-state index < -0.39 is 27.5 Å². The first-order valence-electron chi connectivity index (χ1n) is 14.9. The zero-order valence-electron chi connectivity index (χ0n) is 23.8. The molecule has 4 fully saturated rings. The van der Waals surface area contributed by atoms with Crippen molar-refractivity contribution in [3.8, 4) is 16.5 Å². The highest BCUT2D eigenvalue weighted by atomic mass is 32.2. The van der Waals surface area contributed by atoms with Crippen LogP contribution in [0.5, 0.6) is 0 Å². The number of hydrogen-bond donors (Lipinski definition) is 0. The van der Waals surface area contributed by atoms with E-state index in [2.05, 4.69) is 6.07 Å². The molecule has 0 N–H and O–H groups in total. The number of Topliss-reactive ketones (excluding diaryl/α,β-unsaturated/α-hetero) is 1. The van der Waals surface area contributed by atoms with E-state index >= 15 is 0 Å². The van der Waals surface area contributed by atoms with Gasteiger partial charge in [0.15, 0.2) is 21.1 Å². The number of carbonyl (C=O) groups excluding carboxylic acids is 1. The van der Waals surface area contributed by atoms with E-state index in [0.29, 0.717) is 24.6 Å². The number of rotatable bonds is 7. The fourth-order valence-corrected chi connectivity index (χ4v) is 8.89. The van der Waals surface area contributed by atoms with Crippen molar-refractivity contribution in [2.75, 3.05) is 54.1 Å². The second-order valence-electron chi connectivity index (χ2n) is 12.3. The van der Waals surface area contributed by atoms with Gasteiger partial charge in [0.2, 0.25) is 0 Å². The molecule has 4 aliphatic rings. The molecule has 0 bridgehead atoms. The fraction of sp³-hybridized carbons (Fsp3) is 0.633. The molecule has 2 aromatic rings. The molecule has 232 valence electrons. The number of carbonyl (C=O) groups is 1. The molecule has 1 aromatic carbocycles. The van der Waals surface area contributed by atoms with Gasteiger partial charge in [-0.05, 0) is 43.4 Å². The third-order valence-electron chi connectivity index (χ3n) is 9.32. The Hall–Kier alpha value is -2.69. The first kappa shape index (κ1) is 30.3. The summed E-state index contributed by atoms with van der Waals surface area (Å²) in [6, 6.07) is 10.1. The maximum Gasteiger partial charge on any atom is 0.416 e. The minimum absolute atomic E-state index is 0.0601. The van der Waals surface area contributed by atoms with E-state index in [1.54, 1.807) is 4.90 Å². The second-order valence-corrected chi connectivity index (χ2v) is 15.6. The lowest BCUT2D eigenvalue weighted by molar-refractivity contribution is -0.221. The van der Waals surface area contributed by atoms with Gasteiger partial charge >= 0.3 is 6.18 Å². The lowest BCUT2D eigenvalue weighted by Crippen LogP contribution is -2.49. The summed E-state index contributed by atoms with van der Waals surface area (Å²) in [5.74, 6) is -0.153. The third kappa shape index (κ3) is 6.56. The number of aromatic nitrogens is 1. The van der Waals surface area contributed by atoms with Crippen LogP contribution < -0.4 is 9.80 Å². The van der Waals surface area contributed by atoms with E-state index in [4.69, 9.17) is 9.72 Å².